The Kier molecular flexibility index (Phi) is 5.14. The monoisotopic (exact) mass is 200 g/mol. The van der Waals surface area contributed by atoms with E-state index in [-0.39, 0.29) is 0 Å². The summed E-state index contributed by atoms with van der Waals surface area (Å²) >= 11 is 0. The van der Waals surface area contributed by atoms with E-state index in [1.54, 1.807) is 0 Å². The molecule has 1 aliphatic rings. The van der Waals surface area contributed by atoms with E-state index in [2.05, 4.69) is 27.7 Å². The van der Waals surface area contributed by atoms with Gasteiger partial charge in [0.2, 0.25) is 0 Å². The fourth-order valence-corrected chi connectivity index (χ4v) is 2.91. The third kappa shape index (κ3) is 4.45. The van der Waals surface area contributed by atoms with Gasteiger partial charge in [0.25, 0.3) is 0 Å². The van der Waals surface area contributed by atoms with Gasteiger partial charge >= 0.3 is 0 Å². The van der Waals surface area contributed by atoms with Gasteiger partial charge in [0.15, 0.2) is 0 Å². The molecule has 0 saturated heterocycles. The van der Waals surface area contributed by atoms with Crippen LogP contribution in [0.2, 0.25) is 0 Å². The predicted molar refractivity (Wildman–Crippen MR) is 63.6 cm³/mol. The van der Waals surface area contributed by atoms with Crippen molar-refractivity contribution < 1.29 is 4.74 Å². The second-order valence-electron chi connectivity index (χ2n) is 5.77. The number of hydrogen-bond acceptors (Lipinski definition) is 1. The van der Waals surface area contributed by atoms with Gasteiger partial charge in [-0.05, 0) is 30.1 Å². The maximum Gasteiger partial charge on any atom is 0.0581 e. The van der Waals surface area contributed by atoms with E-state index in [4.69, 9.17) is 4.74 Å². The molecule has 0 atom stereocenters. The first kappa shape index (κ1) is 14.0. The van der Waals surface area contributed by atoms with Gasteiger partial charge in [-0.15, -0.1) is 0 Å². The van der Waals surface area contributed by atoms with Gasteiger partial charge in [0.1, 0.15) is 0 Å². The minimum Gasteiger partial charge on any atom is -0.381 e. The molecule has 1 saturated carbocycles. The summed E-state index contributed by atoms with van der Waals surface area (Å²) in [5, 5.41) is 0. The van der Waals surface area contributed by atoms with Crippen LogP contribution in [0.25, 0.3) is 0 Å². The summed E-state index contributed by atoms with van der Waals surface area (Å²) in [6, 6.07) is 0. The van der Waals surface area contributed by atoms with Crippen molar-refractivity contribution in [1.82, 2.24) is 0 Å². The molecule has 0 bridgehead atoms. The number of ether oxygens (including phenoxy) is 1. The molecule has 0 aliphatic heterocycles. The summed E-state index contributed by atoms with van der Waals surface area (Å²) in [6.45, 7) is 13.4. The average molecular weight is 200 g/mol. The molecule has 86 valence electrons. The smallest absolute Gasteiger partial charge is 0.0581 e. The van der Waals surface area contributed by atoms with Crippen LogP contribution in [0.15, 0.2) is 0 Å². The van der Waals surface area contributed by atoms with Gasteiger partial charge in [-0.3, -0.25) is 0 Å². The Balaban J connectivity index is 0.000000791. The van der Waals surface area contributed by atoms with Gasteiger partial charge < -0.3 is 4.74 Å². The topological polar surface area (TPSA) is 9.23 Å². The van der Waals surface area contributed by atoms with Crippen molar-refractivity contribution in [2.75, 3.05) is 7.11 Å². The van der Waals surface area contributed by atoms with Gasteiger partial charge in [0.05, 0.1) is 6.10 Å². The number of hydrogen-bond donors (Lipinski definition) is 0. The Hall–Kier alpha value is -0.0400. The zero-order valence-corrected chi connectivity index (χ0v) is 11.1. The highest BCUT2D eigenvalue weighted by Gasteiger charge is 2.38. The standard InChI is InChI=1S/C11H22O.C2H6/c1-10(2)6-9(12-5)7-11(3,4)8-10;1-2/h9H,6-8H2,1-5H3;1-2H3. The Labute approximate surface area is 90.2 Å². The highest BCUT2D eigenvalue weighted by atomic mass is 16.5. The molecule has 0 N–H and O–H groups in total. The van der Waals surface area contributed by atoms with Gasteiger partial charge in [-0.25, -0.2) is 0 Å². The van der Waals surface area contributed by atoms with Crippen molar-refractivity contribution in [3.63, 3.8) is 0 Å². The summed E-state index contributed by atoms with van der Waals surface area (Å²) in [5.74, 6) is 0. The third-order valence-electron chi connectivity index (χ3n) is 2.85. The Bertz CT molecular complexity index is 143. The third-order valence-corrected chi connectivity index (χ3v) is 2.85. The fraction of sp³-hybridized carbons (Fsp3) is 1.00. The second-order valence-corrected chi connectivity index (χ2v) is 5.77. The van der Waals surface area contributed by atoms with Crippen molar-refractivity contribution >= 4 is 0 Å². The molecule has 0 spiro atoms. The molecule has 0 aromatic rings. The number of methoxy groups -OCH3 is 1. The molecule has 0 aromatic heterocycles. The van der Waals surface area contributed by atoms with E-state index in [1.165, 1.54) is 19.3 Å². The molecule has 0 heterocycles. The summed E-state index contributed by atoms with van der Waals surface area (Å²) in [4.78, 5) is 0. The lowest BCUT2D eigenvalue weighted by molar-refractivity contribution is -0.0267. The van der Waals surface area contributed by atoms with Crippen LogP contribution >= 0.6 is 0 Å². The van der Waals surface area contributed by atoms with E-state index >= 15 is 0 Å². The molecular weight excluding hydrogens is 172 g/mol. The lowest BCUT2D eigenvalue weighted by Crippen LogP contribution is -2.37. The number of rotatable bonds is 1. The zero-order chi connectivity index (χ0) is 11.4. The largest absolute Gasteiger partial charge is 0.381 e. The summed E-state index contributed by atoms with van der Waals surface area (Å²) in [5.41, 5.74) is 0.921. The summed E-state index contributed by atoms with van der Waals surface area (Å²) < 4.78 is 5.46. The average Bonchev–Trinajstić information content (AvgIpc) is 2.02. The Morgan fingerprint density at radius 1 is 0.929 bits per heavy atom. The molecule has 1 aliphatic carbocycles. The Morgan fingerprint density at radius 2 is 1.29 bits per heavy atom. The van der Waals surface area contributed by atoms with Crippen molar-refractivity contribution in [3.05, 3.63) is 0 Å². The summed E-state index contributed by atoms with van der Waals surface area (Å²) in [7, 11) is 1.84. The summed E-state index contributed by atoms with van der Waals surface area (Å²) in [6.07, 6.45) is 4.23. The van der Waals surface area contributed by atoms with Crippen molar-refractivity contribution in [1.29, 1.82) is 0 Å². The SMILES string of the molecule is CC.COC1CC(C)(C)CC(C)(C)C1. The lowest BCUT2D eigenvalue weighted by Gasteiger charge is -2.44. The minimum absolute atomic E-state index is 0.461. The van der Waals surface area contributed by atoms with Gasteiger partial charge in [0, 0.05) is 7.11 Å². The van der Waals surface area contributed by atoms with E-state index < -0.39 is 0 Å². The molecule has 1 fully saturated rings. The molecule has 0 amide bonds. The molecule has 1 rings (SSSR count). The van der Waals surface area contributed by atoms with Crippen LogP contribution in [0.5, 0.6) is 0 Å². The van der Waals surface area contributed by atoms with E-state index in [0.29, 0.717) is 16.9 Å². The molecule has 1 heteroatoms. The van der Waals surface area contributed by atoms with E-state index in [0.717, 1.165) is 0 Å². The second kappa shape index (κ2) is 5.16. The van der Waals surface area contributed by atoms with Crippen molar-refractivity contribution in [2.24, 2.45) is 10.8 Å². The van der Waals surface area contributed by atoms with Crippen LogP contribution in [0.1, 0.15) is 60.8 Å². The lowest BCUT2D eigenvalue weighted by atomic mass is 9.64. The normalized spacial score (nSPS) is 25.1. The molecule has 0 aromatic carbocycles. The predicted octanol–water partition coefficient (Wildman–Crippen LogP) is 4.26. The fourth-order valence-electron chi connectivity index (χ4n) is 2.91. The highest BCUT2D eigenvalue weighted by Crippen LogP contribution is 2.46. The minimum atomic E-state index is 0.461. The maximum atomic E-state index is 5.46. The van der Waals surface area contributed by atoms with Gasteiger partial charge in [-0.2, -0.15) is 0 Å². The molecule has 1 nitrogen and oxygen atoms in total. The zero-order valence-electron chi connectivity index (χ0n) is 11.1. The van der Waals surface area contributed by atoms with Gasteiger partial charge in [-0.1, -0.05) is 41.5 Å². The first-order chi connectivity index (χ1) is 6.35. The van der Waals surface area contributed by atoms with Crippen molar-refractivity contribution in [2.45, 2.75) is 66.9 Å². The van der Waals surface area contributed by atoms with Crippen molar-refractivity contribution in [3.8, 4) is 0 Å². The van der Waals surface area contributed by atoms with E-state index in [1.807, 2.05) is 21.0 Å². The van der Waals surface area contributed by atoms with Crippen LogP contribution in [-0.2, 0) is 4.74 Å². The molecule has 0 unspecified atom stereocenters. The first-order valence-electron chi connectivity index (χ1n) is 5.87. The van der Waals surface area contributed by atoms with Crippen LogP contribution in [0.3, 0.4) is 0 Å². The van der Waals surface area contributed by atoms with Crippen LogP contribution < -0.4 is 0 Å². The van der Waals surface area contributed by atoms with Crippen LogP contribution in [0, 0.1) is 10.8 Å². The van der Waals surface area contributed by atoms with Crippen LogP contribution in [0.4, 0.5) is 0 Å². The quantitative estimate of drug-likeness (QED) is 0.614. The van der Waals surface area contributed by atoms with E-state index in [9.17, 15) is 0 Å². The molecular formula is C13H28O. The first-order valence-corrected chi connectivity index (χ1v) is 5.87. The molecule has 14 heavy (non-hydrogen) atoms. The maximum absolute atomic E-state index is 5.46. The van der Waals surface area contributed by atoms with Crippen LogP contribution in [-0.4, -0.2) is 13.2 Å². The highest BCUT2D eigenvalue weighted by molar-refractivity contribution is 4.89. The molecule has 0 radical (unpaired) electrons. The Morgan fingerprint density at radius 3 is 1.57 bits per heavy atom.